The highest BCUT2D eigenvalue weighted by atomic mass is 127. The Morgan fingerprint density at radius 1 is 1.19 bits per heavy atom. The predicted molar refractivity (Wildman–Crippen MR) is 108 cm³/mol. The van der Waals surface area contributed by atoms with Gasteiger partial charge in [-0.25, -0.2) is 9.64 Å². The molecule has 0 fully saturated rings. The highest BCUT2D eigenvalue weighted by Crippen LogP contribution is 2.32. The lowest BCUT2D eigenvalue weighted by Gasteiger charge is -2.25. The molecular weight excluding hydrogens is 445 g/mol. The number of halogens is 1. The topological polar surface area (TPSA) is 49.1 Å². The number of carbonyl (C=O) groups is 1. The Bertz CT molecular complexity index is 855. The number of aryl methyl sites for hydroxylation is 1. The molecule has 2 rings (SSSR count). The molecule has 0 radical (unpaired) electrons. The third-order valence-electron chi connectivity index (χ3n) is 3.50. The van der Waals surface area contributed by atoms with Crippen molar-refractivity contribution in [2.45, 2.75) is 33.3 Å². The van der Waals surface area contributed by atoms with Crippen molar-refractivity contribution in [2.24, 2.45) is 0 Å². The van der Waals surface area contributed by atoms with Crippen LogP contribution in [0, 0.1) is 17.1 Å². The fraction of sp³-hybridized carbons (Fsp3) is 0.300. The number of rotatable bonds is 6. The van der Waals surface area contributed by atoms with Gasteiger partial charge in [0, 0.05) is 3.57 Å². The first-order chi connectivity index (χ1) is 12.2. The largest absolute Gasteiger partial charge is 0.476 e. The maximum atomic E-state index is 12.0. The summed E-state index contributed by atoms with van der Waals surface area (Å²) in [6.07, 6.45) is 0. The average Bonchev–Trinajstić information content (AvgIpc) is 2.57. The Labute approximate surface area is 167 Å². The molecule has 6 heteroatoms. The summed E-state index contributed by atoms with van der Waals surface area (Å²) in [6, 6.07) is 10.7. The van der Waals surface area contributed by atoms with Gasteiger partial charge < -0.3 is 14.2 Å². The van der Waals surface area contributed by atoms with Crippen LogP contribution in [0.1, 0.15) is 26.3 Å². The SMILES string of the molecule is [C-]#[N+]c1cc(I)cc(Oc2ccc(OC(C)(C)C(=O)OCC)c(C)c2)c1. The maximum absolute atomic E-state index is 12.0. The number of carbonyl (C=O) groups excluding carboxylic acids is 1. The highest BCUT2D eigenvalue weighted by Gasteiger charge is 2.32. The Kier molecular flexibility index (Phi) is 6.48. The van der Waals surface area contributed by atoms with Crippen LogP contribution in [0.25, 0.3) is 4.85 Å². The Morgan fingerprint density at radius 2 is 1.92 bits per heavy atom. The summed E-state index contributed by atoms with van der Waals surface area (Å²) in [5.41, 5.74) is 0.277. The summed E-state index contributed by atoms with van der Waals surface area (Å²) in [5.74, 6) is 1.40. The van der Waals surface area contributed by atoms with Gasteiger partial charge in [-0.05, 0) is 92.2 Å². The van der Waals surface area contributed by atoms with E-state index in [1.807, 2.05) is 19.1 Å². The number of benzene rings is 2. The Hall–Kier alpha value is -2.27. The van der Waals surface area contributed by atoms with Gasteiger partial charge in [-0.3, -0.25) is 0 Å². The third-order valence-corrected chi connectivity index (χ3v) is 4.12. The lowest BCUT2D eigenvalue weighted by Crippen LogP contribution is -2.39. The van der Waals surface area contributed by atoms with Crippen LogP contribution in [-0.4, -0.2) is 18.2 Å². The van der Waals surface area contributed by atoms with E-state index in [2.05, 4.69) is 27.4 Å². The molecule has 0 aromatic heterocycles. The second kappa shape index (κ2) is 8.41. The Balaban J connectivity index is 2.18. The first-order valence-electron chi connectivity index (χ1n) is 8.08. The van der Waals surface area contributed by atoms with E-state index in [0.29, 0.717) is 29.5 Å². The van der Waals surface area contributed by atoms with E-state index in [4.69, 9.17) is 20.8 Å². The van der Waals surface area contributed by atoms with Crippen LogP contribution in [-0.2, 0) is 9.53 Å². The van der Waals surface area contributed by atoms with Crippen LogP contribution in [0.2, 0.25) is 0 Å². The number of nitrogens with zero attached hydrogens (tertiary/aromatic N) is 1. The van der Waals surface area contributed by atoms with Gasteiger partial charge >= 0.3 is 5.97 Å². The summed E-state index contributed by atoms with van der Waals surface area (Å²) in [7, 11) is 0. The molecule has 5 nitrogen and oxygen atoms in total. The molecule has 0 aliphatic rings. The van der Waals surface area contributed by atoms with Crippen molar-refractivity contribution < 1.29 is 19.0 Å². The standard InChI is InChI=1S/C20H20INO4/c1-6-24-19(23)20(3,4)26-18-8-7-16(9-13(18)2)25-17-11-14(21)10-15(12-17)22-5/h7-12H,6H2,1-4H3. The summed E-state index contributed by atoms with van der Waals surface area (Å²) in [4.78, 5) is 15.4. The molecule has 0 aliphatic heterocycles. The van der Waals surface area contributed by atoms with E-state index in [1.54, 1.807) is 45.0 Å². The van der Waals surface area contributed by atoms with Gasteiger partial charge in [0.2, 0.25) is 0 Å². The average molecular weight is 465 g/mol. The van der Waals surface area contributed by atoms with Crippen molar-refractivity contribution in [1.29, 1.82) is 0 Å². The maximum Gasteiger partial charge on any atom is 0.349 e. The van der Waals surface area contributed by atoms with E-state index in [0.717, 1.165) is 9.13 Å². The first-order valence-corrected chi connectivity index (χ1v) is 9.16. The van der Waals surface area contributed by atoms with Gasteiger partial charge in [-0.15, -0.1) is 0 Å². The van der Waals surface area contributed by atoms with Crippen LogP contribution in [0.15, 0.2) is 36.4 Å². The van der Waals surface area contributed by atoms with E-state index < -0.39 is 11.6 Å². The lowest BCUT2D eigenvalue weighted by molar-refractivity contribution is -0.158. The molecular formula is C20H20INO4. The number of esters is 1. The molecule has 26 heavy (non-hydrogen) atoms. The van der Waals surface area contributed by atoms with Crippen molar-refractivity contribution in [1.82, 2.24) is 0 Å². The molecule has 0 atom stereocenters. The monoisotopic (exact) mass is 465 g/mol. The van der Waals surface area contributed by atoms with Gasteiger partial charge in [0.1, 0.15) is 17.2 Å². The lowest BCUT2D eigenvalue weighted by atomic mass is 10.1. The fourth-order valence-corrected chi connectivity index (χ4v) is 2.85. The second-order valence-corrected chi connectivity index (χ2v) is 7.36. The van der Waals surface area contributed by atoms with E-state index >= 15 is 0 Å². The molecule has 0 N–H and O–H groups in total. The first kappa shape index (κ1) is 20.0. The van der Waals surface area contributed by atoms with Crippen molar-refractivity contribution in [3.63, 3.8) is 0 Å². The van der Waals surface area contributed by atoms with Gasteiger partial charge in [-0.2, -0.15) is 0 Å². The minimum absolute atomic E-state index is 0.305. The van der Waals surface area contributed by atoms with Gasteiger partial charge in [-0.1, -0.05) is 0 Å². The minimum atomic E-state index is -1.08. The zero-order valence-corrected chi connectivity index (χ0v) is 17.3. The van der Waals surface area contributed by atoms with Crippen LogP contribution in [0.4, 0.5) is 5.69 Å². The van der Waals surface area contributed by atoms with Crippen molar-refractivity contribution in [3.05, 3.63) is 56.9 Å². The number of ether oxygens (including phenoxy) is 3. The molecule has 2 aromatic carbocycles. The molecule has 0 heterocycles. The summed E-state index contributed by atoms with van der Waals surface area (Å²) in [5, 5.41) is 0. The zero-order chi connectivity index (χ0) is 19.3. The molecule has 0 saturated heterocycles. The predicted octanol–water partition coefficient (Wildman–Crippen LogP) is 5.66. The van der Waals surface area contributed by atoms with Crippen molar-refractivity contribution in [2.75, 3.05) is 6.61 Å². The Morgan fingerprint density at radius 3 is 2.54 bits per heavy atom. The van der Waals surface area contributed by atoms with Crippen molar-refractivity contribution in [3.8, 4) is 17.2 Å². The van der Waals surface area contributed by atoms with Gasteiger partial charge in [0.05, 0.1) is 13.2 Å². The molecule has 2 aromatic rings. The molecule has 0 spiro atoms. The molecule has 0 bridgehead atoms. The second-order valence-electron chi connectivity index (χ2n) is 6.12. The number of hydrogen-bond acceptors (Lipinski definition) is 4. The minimum Gasteiger partial charge on any atom is -0.476 e. The smallest absolute Gasteiger partial charge is 0.349 e. The van der Waals surface area contributed by atoms with E-state index in [9.17, 15) is 4.79 Å². The van der Waals surface area contributed by atoms with Crippen LogP contribution < -0.4 is 9.47 Å². The van der Waals surface area contributed by atoms with Crippen LogP contribution >= 0.6 is 22.6 Å². The number of hydrogen-bond donors (Lipinski definition) is 0. The van der Waals surface area contributed by atoms with Gasteiger partial charge in [0.25, 0.3) is 0 Å². The normalized spacial score (nSPS) is 10.8. The molecule has 0 amide bonds. The quantitative estimate of drug-likeness (QED) is 0.314. The molecule has 0 aliphatic carbocycles. The molecule has 136 valence electrons. The van der Waals surface area contributed by atoms with E-state index in [-0.39, 0.29) is 0 Å². The fourth-order valence-electron chi connectivity index (χ4n) is 2.23. The summed E-state index contributed by atoms with van der Waals surface area (Å²) >= 11 is 2.15. The van der Waals surface area contributed by atoms with Gasteiger partial charge in [0.15, 0.2) is 11.3 Å². The van der Waals surface area contributed by atoms with Crippen molar-refractivity contribution >= 4 is 34.2 Å². The van der Waals surface area contributed by atoms with Crippen LogP contribution in [0.5, 0.6) is 17.2 Å². The zero-order valence-electron chi connectivity index (χ0n) is 15.1. The third kappa shape index (κ3) is 5.11. The van der Waals surface area contributed by atoms with E-state index in [1.165, 1.54) is 0 Å². The molecule has 0 saturated carbocycles. The summed E-state index contributed by atoms with van der Waals surface area (Å²) in [6.45, 7) is 14.4. The van der Waals surface area contributed by atoms with Crippen LogP contribution in [0.3, 0.4) is 0 Å². The summed E-state index contributed by atoms with van der Waals surface area (Å²) < 4.78 is 17.7. The highest BCUT2D eigenvalue weighted by molar-refractivity contribution is 14.1. The molecule has 0 unspecified atom stereocenters.